The molecule has 0 aromatic carbocycles. The van der Waals surface area contributed by atoms with E-state index in [1.54, 1.807) is 0 Å². The third kappa shape index (κ3) is 1.73. The number of rotatable bonds is 3. The molecule has 0 spiro atoms. The van der Waals surface area contributed by atoms with Gasteiger partial charge in [0.15, 0.2) is 0 Å². The first-order valence-corrected chi connectivity index (χ1v) is 4.32. The van der Waals surface area contributed by atoms with Crippen molar-refractivity contribution in [3.8, 4) is 0 Å². The molecule has 0 unspecified atom stereocenters. The van der Waals surface area contributed by atoms with Crippen molar-refractivity contribution in [1.82, 2.24) is 0 Å². The minimum absolute atomic E-state index is 0.00926. The summed E-state index contributed by atoms with van der Waals surface area (Å²) in [6.45, 7) is 5.84. The number of esters is 1. The highest BCUT2D eigenvalue weighted by molar-refractivity contribution is 5.79. The zero-order chi connectivity index (χ0) is 8.48. The Balaban J connectivity index is 2.41. The fourth-order valence-corrected chi connectivity index (χ4v) is 1.19. The van der Waals surface area contributed by atoms with Gasteiger partial charge in [0, 0.05) is 0 Å². The second-order valence-corrected chi connectivity index (χ2v) is 3.59. The van der Waals surface area contributed by atoms with E-state index in [0.29, 0.717) is 0 Å². The topological polar surface area (TPSA) is 26.3 Å². The summed E-state index contributed by atoms with van der Waals surface area (Å²) in [7, 11) is 0. The predicted molar refractivity (Wildman–Crippen MR) is 43.2 cm³/mol. The van der Waals surface area contributed by atoms with Gasteiger partial charge in [-0.15, -0.1) is 0 Å². The molecule has 0 heterocycles. The Hall–Kier alpha value is -0.530. The third-order valence-electron chi connectivity index (χ3n) is 2.31. The molecule has 0 atom stereocenters. The molecule has 64 valence electrons. The Morgan fingerprint density at radius 2 is 2.09 bits per heavy atom. The summed E-state index contributed by atoms with van der Waals surface area (Å²) in [5.41, 5.74) is -0.0791. The maximum absolute atomic E-state index is 11.3. The molecule has 1 saturated carbocycles. The molecule has 0 bridgehead atoms. The maximum Gasteiger partial charge on any atom is 0.312 e. The van der Waals surface area contributed by atoms with Crippen LogP contribution in [-0.4, -0.2) is 12.1 Å². The fourth-order valence-electron chi connectivity index (χ4n) is 1.19. The minimum atomic E-state index is -0.0791. The summed E-state index contributed by atoms with van der Waals surface area (Å²) in [6, 6.07) is 0. The number of hydrogen-bond donors (Lipinski definition) is 0. The van der Waals surface area contributed by atoms with Crippen LogP contribution in [0.2, 0.25) is 0 Å². The van der Waals surface area contributed by atoms with Crippen LogP contribution in [0.5, 0.6) is 0 Å². The van der Waals surface area contributed by atoms with Gasteiger partial charge in [-0.25, -0.2) is 0 Å². The normalized spacial score (nSPS) is 20.0. The van der Waals surface area contributed by atoms with E-state index in [9.17, 15) is 4.79 Å². The third-order valence-corrected chi connectivity index (χ3v) is 2.31. The van der Waals surface area contributed by atoms with E-state index >= 15 is 0 Å². The Kier molecular flexibility index (Phi) is 2.21. The smallest absolute Gasteiger partial charge is 0.312 e. The van der Waals surface area contributed by atoms with Crippen molar-refractivity contribution in [2.45, 2.75) is 46.1 Å². The minimum Gasteiger partial charge on any atom is -0.463 e. The van der Waals surface area contributed by atoms with E-state index in [0.717, 1.165) is 19.3 Å². The summed E-state index contributed by atoms with van der Waals surface area (Å²) in [5.74, 6) is 0.00926. The van der Waals surface area contributed by atoms with Crippen LogP contribution < -0.4 is 0 Å². The van der Waals surface area contributed by atoms with Crippen LogP contribution in [0, 0.1) is 5.41 Å². The van der Waals surface area contributed by atoms with Crippen LogP contribution in [0.25, 0.3) is 0 Å². The van der Waals surface area contributed by atoms with Crippen molar-refractivity contribution in [2.24, 2.45) is 5.41 Å². The SMILES string of the molecule is CCC1(C(=O)OC(C)C)CC1. The van der Waals surface area contributed by atoms with Crippen molar-refractivity contribution < 1.29 is 9.53 Å². The molecule has 2 heteroatoms. The zero-order valence-electron chi connectivity index (χ0n) is 7.52. The summed E-state index contributed by atoms with van der Waals surface area (Å²) < 4.78 is 5.13. The second kappa shape index (κ2) is 2.84. The number of carbonyl (C=O) groups excluding carboxylic acids is 1. The first kappa shape index (κ1) is 8.57. The zero-order valence-corrected chi connectivity index (χ0v) is 7.52. The Bertz CT molecular complexity index is 157. The highest BCUT2D eigenvalue weighted by Crippen LogP contribution is 2.49. The number of hydrogen-bond acceptors (Lipinski definition) is 2. The van der Waals surface area contributed by atoms with Gasteiger partial charge in [0.25, 0.3) is 0 Å². The number of ether oxygens (including phenoxy) is 1. The van der Waals surface area contributed by atoms with Crippen LogP contribution in [-0.2, 0) is 9.53 Å². The van der Waals surface area contributed by atoms with Crippen LogP contribution in [0.4, 0.5) is 0 Å². The van der Waals surface area contributed by atoms with Gasteiger partial charge in [0.05, 0.1) is 11.5 Å². The molecule has 0 aromatic heterocycles. The average molecular weight is 156 g/mol. The molecule has 11 heavy (non-hydrogen) atoms. The predicted octanol–water partition coefficient (Wildman–Crippen LogP) is 2.13. The van der Waals surface area contributed by atoms with E-state index in [4.69, 9.17) is 4.74 Å². The molecular weight excluding hydrogens is 140 g/mol. The van der Waals surface area contributed by atoms with Gasteiger partial charge in [0.1, 0.15) is 0 Å². The van der Waals surface area contributed by atoms with Crippen LogP contribution in [0.1, 0.15) is 40.0 Å². The Morgan fingerprint density at radius 1 is 1.55 bits per heavy atom. The largest absolute Gasteiger partial charge is 0.463 e. The Labute approximate surface area is 67.9 Å². The lowest BCUT2D eigenvalue weighted by atomic mass is 10.1. The summed E-state index contributed by atoms with van der Waals surface area (Å²) in [6.07, 6.45) is 3.01. The average Bonchev–Trinajstić information content (AvgIpc) is 2.65. The molecule has 1 aliphatic carbocycles. The van der Waals surface area contributed by atoms with Gasteiger partial charge in [-0.1, -0.05) is 6.92 Å². The van der Waals surface area contributed by atoms with Gasteiger partial charge >= 0.3 is 5.97 Å². The van der Waals surface area contributed by atoms with Crippen molar-refractivity contribution in [3.63, 3.8) is 0 Å². The molecule has 1 aliphatic rings. The fraction of sp³-hybridized carbons (Fsp3) is 0.889. The van der Waals surface area contributed by atoms with E-state index in [1.807, 2.05) is 13.8 Å². The first-order chi connectivity index (χ1) is 5.10. The van der Waals surface area contributed by atoms with E-state index in [2.05, 4.69) is 6.92 Å². The second-order valence-electron chi connectivity index (χ2n) is 3.59. The van der Waals surface area contributed by atoms with Crippen LogP contribution in [0.15, 0.2) is 0 Å². The lowest BCUT2D eigenvalue weighted by Gasteiger charge is -2.13. The van der Waals surface area contributed by atoms with Crippen molar-refractivity contribution in [1.29, 1.82) is 0 Å². The molecule has 2 nitrogen and oxygen atoms in total. The molecular formula is C9H16O2. The first-order valence-electron chi connectivity index (χ1n) is 4.32. The lowest BCUT2D eigenvalue weighted by Crippen LogP contribution is -2.21. The van der Waals surface area contributed by atoms with Crippen LogP contribution in [0.3, 0.4) is 0 Å². The molecule has 1 fully saturated rings. The van der Waals surface area contributed by atoms with E-state index < -0.39 is 0 Å². The van der Waals surface area contributed by atoms with E-state index in [1.165, 1.54) is 0 Å². The van der Waals surface area contributed by atoms with E-state index in [-0.39, 0.29) is 17.5 Å². The lowest BCUT2D eigenvalue weighted by molar-refractivity contribution is -0.154. The van der Waals surface area contributed by atoms with Gasteiger partial charge in [-0.2, -0.15) is 0 Å². The van der Waals surface area contributed by atoms with Crippen molar-refractivity contribution in [3.05, 3.63) is 0 Å². The maximum atomic E-state index is 11.3. The molecule has 0 aliphatic heterocycles. The van der Waals surface area contributed by atoms with Crippen LogP contribution >= 0.6 is 0 Å². The highest BCUT2D eigenvalue weighted by atomic mass is 16.5. The van der Waals surface area contributed by atoms with Crippen molar-refractivity contribution >= 4 is 5.97 Å². The summed E-state index contributed by atoms with van der Waals surface area (Å²) >= 11 is 0. The highest BCUT2D eigenvalue weighted by Gasteiger charge is 2.49. The molecule has 1 rings (SSSR count). The molecule has 0 saturated heterocycles. The molecule has 0 amide bonds. The monoisotopic (exact) mass is 156 g/mol. The quantitative estimate of drug-likeness (QED) is 0.585. The Morgan fingerprint density at radius 3 is 2.36 bits per heavy atom. The van der Waals surface area contributed by atoms with Crippen molar-refractivity contribution in [2.75, 3.05) is 0 Å². The van der Waals surface area contributed by atoms with Gasteiger partial charge in [0.2, 0.25) is 0 Å². The summed E-state index contributed by atoms with van der Waals surface area (Å²) in [5, 5.41) is 0. The molecule has 0 N–H and O–H groups in total. The van der Waals surface area contributed by atoms with Gasteiger partial charge in [-0.3, -0.25) is 4.79 Å². The van der Waals surface area contributed by atoms with Gasteiger partial charge in [-0.05, 0) is 33.1 Å². The standard InChI is InChI=1S/C9H16O2/c1-4-9(5-6-9)8(10)11-7(2)3/h7H,4-6H2,1-3H3. The molecule has 0 radical (unpaired) electrons. The number of carbonyl (C=O) groups is 1. The molecule has 0 aromatic rings. The summed E-state index contributed by atoms with van der Waals surface area (Å²) in [4.78, 5) is 11.3. The van der Waals surface area contributed by atoms with Gasteiger partial charge < -0.3 is 4.74 Å².